The summed E-state index contributed by atoms with van der Waals surface area (Å²) in [6.45, 7) is -0.00179. The molecule has 0 saturated carbocycles. The molecule has 1 heterocycles. The Hall–Kier alpha value is -2.52. The van der Waals surface area contributed by atoms with E-state index in [1.54, 1.807) is 0 Å². The molecular formula is C13H16F3N3O4. The van der Waals surface area contributed by atoms with Crippen molar-refractivity contribution in [2.75, 3.05) is 26.7 Å². The summed E-state index contributed by atoms with van der Waals surface area (Å²) < 4.78 is 42.4. The highest BCUT2D eigenvalue weighted by atomic mass is 19.4. The van der Waals surface area contributed by atoms with E-state index in [9.17, 15) is 22.8 Å². The molecule has 0 aliphatic carbocycles. The molecule has 7 nitrogen and oxygen atoms in total. The van der Waals surface area contributed by atoms with E-state index in [-0.39, 0.29) is 32.0 Å². The van der Waals surface area contributed by atoms with Crippen molar-refractivity contribution >= 4 is 12.0 Å². The Balaban J connectivity index is 2.35. The lowest BCUT2D eigenvalue weighted by Crippen LogP contribution is -2.40. The smallest absolute Gasteiger partial charge is 0.433 e. The third-order valence-electron chi connectivity index (χ3n) is 2.65. The maximum absolute atomic E-state index is 12.5. The van der Waals surface area contributed by atoms with E-state index in [0.29, 0.717) is 0 Å². The van der Waals surface area contributed by atoms with Gasteiger partial charge in [0.1, 0.15) is 12.3 Å². The predicted octanol–water partition coefficient (Wildman–Crippen LogP) is 1.60. The second kappa shape index (κ2) is 8.20. The first kappa shape index (κ1) is 18.5. The summed E-state index contributed by atoms with van der Waals surface area (Å²) in [4.78, 5) is 26.4. The van der Waals surface area contributed by atoms with Gasteiger partial charge in [0.25, 0.3) is 0 Å². The molecule has 0 saturated heterocycles. The number of nitrogens with one attached hydrogen (secondary N) is 1. The highest BCUT2D eigenvalue weighted by molar-refractivity contribution is 5.74. The topological polar surface area (TPSA) is 91.8 Å². The van der Waals surface area contributed by atoms with Crippen LogP contribution in [0.1, 0.15) is 12.1 Å². The van der Waals surface area contributed by atoms with Gasteiger partial charge < -0.3 is 20.1 Å². The molecule has 10 heteroatoms. The lowest BCUT2D eigenvalue weighted by molar-refractivity contribution is -0.141. The molecule has 0 aliphatic heterocycles. The number of carboxylic acid groups (broad SMARTS) is 1. The van der Waals surface area contributed by atoms with Gasteiger partial charge in [-0.05, 0) is 6.07 Å². The summed E-state index contributed by atoms with van der Waals surface area (Å²) in [5.41, 5.74) is -1.06. The highest BCUT2D eigenvalue weighted by Crippen LogP contribution is 2.28. The fourth-order valence-corrected chi connectivity index (χ4v) is 1.47. The van der Waals surface area contributed by atoms with Gasteiger partial charge in [0.2, 0.25) is 5.88 Å². The van der Waals surface area contributed by atoms with Crippen molar-refractivity contribution in [1.29, 1.82) is 0 Å². The average molecular weight is 335 g/mol. The van der Waals surface area contributed by atoms with Gasteiger partial charge in [-0.3, -0.25) is 4.79 Å². The van der Waals surface area contributed by atoms with Crippen LogP contribution in [0.2, 0.25) is 0 Å². The molecule has 1 aromatic rings. The predicted molar refractivity (Wildman–Crippen MR) is 73.0 cm³/mol. The largest absolute Gasteiger partial charge is 0.481 e. The number of carboxylic acids is 1. The van der Waals surface area contributed by atoms with Crippen molar-refractivity contribution in [2.45, 2.75) is 12.6 Å². The minimum Gasteiger partial charge on any atom is -0.481 e. The molecule has 2 N–H and O–H groups in total. The number of halogens is 3. The van der Waals surface area contributed by atoms with Gasteiger partial charge in [-0.2, -0.15) is 13.2 Å². The van der Waals surface area contributed by atoms with Crippen molar-refractivity contribution in [3.8, 4) is 5.88 Å². The highest BCUT2D eigenvalue weighted by Gasteiger charge is 2.32. The van der Waals surface area contributed by atoms with Crippen LogP contribution in [0.25, 0.3) is 0 Å². The number of amides is 2. The van der Waals surface area contributed by atoms with Crippen LogP contribution >= 0.6 is 0 Å². The van der Waals surface area contributed by atoms with Crippen LogP contribution in [0.3, 0.4) is 0 Å². The van der Waals surface area contributed by atoms with Crippen molar-refractivity contribution in [3.05, 3.63) is 23.9 Å². The van der Waals surface area contributed by atoms with E-state index in [2.05, 4.69) is 10.3 Å². The molecular weight excluding hydrogens is 319 g/mol. The van der Waals surface area contributed by atoms with Crippen LogP contribution in [0, 0.1) is 0 Å². The second-order valence-corrected chi connectivity index (χ2v) is 4.50. The molecule has 1 rings (SSSR count). The zero-order valence-corrected chi connectivity index (χ0v) is 12.3. The summed E-state index contributed by atoms with van der Waals surface area (Å²) in [6.07, 6.45) is -4.74. The maximum atomic E-state index is 12.5. The van der Waals surface area contributed by atoms with Gasteiger partial charge >= 0.3 is 18.2 Å². The molecule has 0 bridgehead atoms. The van der Waals surface area contributed by atoms with Gasteiger partial charge in [0.05, 0.1) is 13.0 Å². The Labute approximate surface area is 130 Å². The van der Waals surface area contributed by atoms with Gasteiger partial charge in [-0.1, -0.05) is 6.07 Å². The number of carbonyl (C=O) groups is 2. The molecule has 128 valence electrons. The van der Waals surface area contributed by atoms with Gasteiger partial charge in [0.15, 0.2) is 0 Å². The average Bonchev–Trinajstić information content (AvgIpc) is 2.48. The van der Waals surface area contributed by atoms with E-state index >= 15 is 0 Å². The molecule has 0 radical (unpaired) electrons. The van der Waals surface area contributed by atoms with Crippen molar-refractivity contribution in [3.63, 3.8) is 0 Å². The zero-order valence-electron chi connectivity index (χ0n) is 12.3. The molecule has 0 atom stereocenters. The summed E-state index contributed by atoms with van der Waals surface area (Å²) in [5.74, 6) is -1.23. The fourth-order valence-electron chi connectivity index (χ4n) is 1.47. The molecule has 0 fully saturated rings. The monoisotopic (exact) mass is 335 g/mol. The lowest BCUT2D eigenvalue weighted by atomic mass is 10.3. The van der Waals surface area contributed by atoms with Crippen molar-refractivity contribution in [2.24, 2.45) is 0 Å². The number of alkyl halides is 3. The zero-order chi connectivity index (χ0) is 17.5. The number of carbonyl (C=O) groups excluding carboxylic acids is 1. The Kier molecular flexibility index (Phi) is 6.61. The SMILES string of the molecule is CN(CCC(=O)O)C(=O)NCCOc1cccc(C(F)(F)F)n1. The van der Waals surface area contributed by atoms with E-state index in [1.807, 2.05) is 0 Å². The molecule has 2 amide bonds. The minimum absolute atomic E-state index is 0.0359. The van der Waals surface area contributed by atoms with E-state index in [0.717, 1.165) is 6.07 Å². The van der Waals surface area contributed by atoms with E-state index < -0.39 is 23.9 Å². The van der Waals surface area contributed by atoms with Crippen LogP contribution in [-0.4, -0.2) is 53.7 Å². The number of nitrogens with zero attached hydrogens (tertiary/aromatic N) is 2. The Morgan fingerprint density at radius 3 is 2.70 bits per heavy atom. The molecule has 1 aromatic heterocycles. The molecule has 0 unspecified atom stereocenters. The Bertz CT molecular complexity index is 552. The van der Waals surface area contributed by atoms with Crippen LogP contribution in [0.5, 0.6) is 5.88 Å². The maximum Gasteiger partial charge on any atom is 0.433 e. The fraction of sp³-hybridized carbons (Fsp3) is 0.462. The lowest BCUT2D eigenvalue weighted by Gasteiger charge is -2.17. The number of ether oxygens (including phenoxy) is 1. The Morgan fingerprint density at radius 2 is 2.09 bits per heavy atom. The van der Waals surface area contributed by atoms with Crippen molar-refractivity contribution in [1.82, 2.24) is 15.2 Å². The van der Waals surface area contributed by atoms with E-state index in [4.69, 9.17) is 9.84 Å². The van der Waals surface area contributed by atoms with Gasteiger partial charge in [-0.15, -0.1) is 0 Å². The number of urea groups is 1. The second-order valence-electron chi connectivity index (χ2n) is 4.50. The van der Waals surface area contributed by atoms with Crippen LogP contribution in [0.4, 0.5) is 18.0 Å². The van der Waals surface area contributed by atoms with E-state index in [1.165, 1.54) is 24.1 Å². The molecule has 23 heavy (non-hydrogen) atoms. The summed E-state index contributed by atoms with van der Waals surface area (Å²) >= 11 is 0. The van der Waals surface area contributed by atoms with Gasteiger partial charge in [0, 0.05) is 19.7 Å². The first-order valence-electron chi connectivity index (χ1n) is 6.58. The van der Waals surface area contributed by atoms with Crippen LogP contribution in [0.15, 0.2) is 18.2 Å². The number of aliphatic carboxylic acids is 1. The van der Waals surface area contributed by atoms with Gasteiger partial charge in [-0.25, -0.2) is 9.78 Å². The number of hydrogen-bond acceptors (Lipinski definition) is 4. The molecule has 0 aromatic carbocycles. The molecule has 0 aliphatic rings. The third-order valence-corrected chi connectivity index (χ3v) is 2.65. The third kappa shape index (κ3) is 6.85. The minimum atomic E-state index is -4.56. The Morgan fingerprint density at radius 1 is 1.39 bits per heavy atom. The summed E-state index contributed by atoms with van der Waals surface area (Å²) in [6, 6.07) is 2.76. The van der Waals surface area contributed by atoms with Crippen molar-refractivity contribution < 1.29 is 32.6 Å². The number of hydrogen-bond donors (Lipinski definition) is 2. The first-order valence-corrected chi connectivity index (χ1v) is 6.58. The number of pyridine rings is 1. The quantitative estimate of drug-likeness (QED) is 0.739. The van der Waals surface area contributed by atoms with Crippen LogP contribution < -0.4 is 10.1 Å². The molecule has 0 spiro atoms. The normalized spacial score (nSPS) is 11.0. The number of rotatable bonds is 7. The standard InChI is InChI=1S/C13H16F3N3O4/c1-19(7-5-11(20)21)12(22)17-6-8-23-10-4-2-3-9(18-10)13(14,15)16/h2-4H,5-8H2,1H3,(H,17,22)(H,20,21). The summed E-state index contributed by atoms with van der Waals surface area (Å²) in [7, 11) is 1.42. The summed E-state index contributed by atoms with van der Waals surface area (Å²) in [5, 5.41) is 10.9. The number of aromatic nitrogens is 1. The first-order chi connectivity index (χ1) is 10.7. The van der Waals surface area contributed by atoms with Crippen LogP contribution in [-0.2, 0) is 11.0 Å².